The molecule has 5 unspecified atom stereocenters. The first-order chi connectivity index (χ1) is 11.3. The zero-order chi connectivity index (χ0) is 17.5. The molecule has 2 fully saturated rings. The number of carbonyl (C=O) groups is 1. The van der Waals surface area contributed by atoms with Crippen LogP contribution in [0.5, 0.6) is 0 Å². The number of hydrogen-bond donors (Lipinski definition) is 0. The van der Waals surface area contributed by atoms with Gasteiger partial charge < -0.3 is 0 Å². The predicted molar refractivity (Wildman–Crippen MR) is 102 cm³/mol. The van der Waals surface area contributed by atoms with Gasteiger partial charge in [-0.05, 0) is 72.7 Å². The second-order valence-electron chi connectivity index (χ2n) is 9.95. The molecule has 2 saturated carbocycles. The van der Waals surface area contributed by atoms with Gasteiger partial charge in [0.25, 0.3) is 0 Å². The Morgan fingerprint density at radius 2 is 1.92 bits per heavy atom. The smallest absolute Gasteiger partial charge is 0.159 e. The fraction of sp³-hybridized carbons (Fsp3) is 0.870. The lowest BCUT2D eigenvalue weighted by Crippen LogP contribution is -2.48. The Morgan fingerprint density at radius 1 is 1.17 bits per heavy atom. The molecule has 0 radical (unpaired) electrons. The molecule has 0 spiro atoms. The summed E-state index contributed by atoms with van der Waals surface area (Å²) in [4.78, 5) is 12.7. The highest BCUT2D eigenvalue weighted by Crippen LogP contribution is 2.62. The van der Waals surface area contributed by atoms with E-state index in [0.29, 0.717) is 34.9 Å². The summed E-state index contributed by atoms with van der Waals surface area (Å²) >= 11 is 0. The van der Waals surface area contributed by atoms with Crippen LogP contribution in [0.3, 0.4) is 0 Å². The normalized spacial score (nSPS) is 42.9. The fourth-order valence-electron chi connectivity index (χ4n) is 6.69. The third kappa shape index (κ3) is 3.13. The highest BCUT2D eigenvalue weighted by atomic mass is 16.1. The van der Waals surface area contributed by atoms with Crippen molar-refractivity contribution in [2.45, 2.75) is 79.6 Å². The van der Waals surface area contributed by atoms with Gasteiger partial charge >= 0.3 is 0 Å². The summed E-state index contributed by atoms with van der Waals surface area (Å²) in [6, 6.07) is 0. The van der Waals surface area contributed by atoms with Crippen molar-refractivity contribution in [3.05, 3.63) is 12.2 Å². The van der Waals surface area contributed by atoms with E-state index in [1.165, 1.54) is 44.9 Å². The third-order valence-corrected chi connectivity index (χ3v) is 8.09. The van der Waals surface area contributed by atoms with Gasteiger partial charge in [0, 0.05) is 5.92 Å². The highest BCUT2D eigenvalue weighted by Gasteiger charge is 2.57. The van der Waals surface area contributed by atoms with Crippen LogP contribution in [0.1, 0.15) is 79.6 Å². The maximum absolute atomic E-state index is 12.7. The topological polar surface area (TPSA) is 17.1 Å². The van der Waals surface area contributed by atoms with Crippen molar-refractivity contribution in [2.75, 3.05) is 0 Å². The molecule has 0 aromatic carbocycles. The molecule has 1 heteroatoms. The van der Waals surface area contributed by atoms with Crippen LogP contribution in [-0.2, 0) is 4.79 Å². The number of ketones is 1. The molecular weight excluding hydrogens is 292 g/mol. The van der Waals surface area contributed by atoms with Crippen LogP contribution in [0, 0.1) is 46.8 Å². The lowest BCUT2D eigenvalue weighted by atomic mass is 9.53. The first-order valence-electron chi connectivity index (χ1n) is 10.6. The average molecular weight is 331 g/mol. The van der Waals surface area contributed by atoms with E-state index in [1.54, 1.807) is 0 Å². The molecule has 7 atom stereocenters. The summed E-state index contributed by atoms with van der Waals surface area (Å²) in [5, 5.41) is 0. The van der Waals surface area contributed by atoms with Crippen molar-refractivity contribution >= 4 is 5.78 Å². The van der Waals surface area contributed by atoms with Crippen LogP contribution in [0.15, 0.2) is 12.2 Å². The van der Waals surface area contributed by atoms with E-state index in [-0.39, 0.29) is 0 Å². The van der Waals surface area contributed by atoms with Gasteiger partial charge in [0.2, 0.25) is 0 Å². The summed E-state index contributed by atoms with van der Waals surface area (Å²) < 4.78 is 0. The molecule has 0 N–H and O–H groups in total. The molecule has 136 valence electrons. The molecular formula is C23H38O. The van der Waals surface area contributed by atoms with E-state index < -0.39 is 0 Å². The van der Waals surface area contributed by atoms with Gasteiger partial charge in [-0.1, -0.05) is 60.0 Å². The number of rotatable bonds is 5. The molecule has 1 nitrogen and oxygen atoms in total. The molecule has 3 rings (SSSR count). The van der Waals surface area contributed by atoms with Crippen molar-refractivity contribution in [3.63, 3.8) is 0 Å². The first-order valence-corrected chi connectivity index (χ1v) is 10.6. The molecule has 0 bridgehead atoms. The number of fused-ring (bicyclic) bond motifs is 3. The minimum absolute atomic E-state index is 0.330. The Bertz CT molecular complexity index is 490. The Hall–Kier alpha value is -0.590. The van der Waals surface area contributed by atoms with E-state index in [0.717, 1.165) is 17.8 Å². The molecule has 3 aliphatic carbocycles. The lowest BCUT2D eigenvalue weighted by molar-refractivity contribution is -0.129. The number of carbonyl (C=O) groups excluding carboxylic acids is 1. The highest BCUT2D eigenvalue weighted by molar-refractivity contribution is 5.93. The molecule has 0 heterocycles. The van der Waals surface area contributed by atoms with Crippen LogP contribution in [0.2, 0.25) is 0 Å². The van der Waals surface area contributed by atoms with Gasteiger partial charge in [0.05, 0.1) is 0 Å². The minimum Gasteiger partial charge on any atom is -0.295 e. The minimum atomic E-state index is 0.330. The Balaban J connectivity index is 1.72. The molecule has 0 aromatic rings. The molecule has 0 aliphatic heterocycles. The summed E-state index contributed by atoms with van der Waals surface area (Å²) in [7, 11) is 0. The molecule has 0 amide bonds. The van der Waals surface area contributed by atoms with Crippen molar-refractivity contribution in [2.24, 2.45) is 46.8 Å². The maximum atomic E-state index is 12.7. The van der Waals surface area contributed by atoms with Gasteiger partial charge in [0.15, 0.2) is 5.78 Å². The molecule has 0 aromatic heterocycles. The van der Waals surface area contributed by atoms with Gasteiger partial charge in [0.1, 0.15) is 0 Å². The zero-order valence-corrected chi connectivity index (χ0v) is 16.6. The Kier molecular flexibility index (Phi) is 5.28. The van der Waals surface area contributed by atoms with E-state index in [2.05, 4.69) is 40.7 Å². The summed E-state index contributed by atoms with van der Waals surface area (Å²) in [6.45, 7) is 12.0. The van der Waals surface area contributed by atoms with E-state index in [4.69, 9.17) is 0 Å². The van der Waals surface area contributed by atoms with Crippen LogP contribution in [-0.4, -0.2) is 5.78 Å². The van der Waals surface area contributed by atoms with Crippen LogP contribution >= 0.6 is 0 Å². The maximum Gasteiger partial charge on any atom is 0.159 e. The van der Waals surface area contributed by atoms with Crippen molar-refractivity contribution in [1.82, 2.24) is 0 Å². The average Bonchev–Trinajstić information content (AvgIpc) is 2.87. The van der Waals surface area contributed by atoms with Gasteiger partial charge in [-0.15, -0.1) is 0 Å². The summed E-state index contributed by atoms with van der Waals surface area (Å²) in [5.41, 5.74) is 0.416. The van der Waals surface area contributed by atoms with Gasteiger partial charge in [-0.3, -0.25) is 4.79 Å². The van der Waals surface area contributed by atoms with Gasteiger partial charge in [-0.2, -0.15) is 0 Å². The van der Waals surface area contributed by atoms with E-state index in [1.807, 2.05) is 6.08 Å². The van der Waals surface area contributed by atoms with E-state index in [9.17, 15) is 4.79 Å². The Labute approximate surface area is 149 Å². The summed E-state index contributed by atoms with van der Waals surface area (Å²) in [5.74, 6) is 5.13. The van der Waals surface area contributed by atoms with Crippen LogP contribution in [0.4, 0.5) is 0 Å². The van der Waals surface area contributed by atoms with Crippen LogP contribution < -0.4 is 0 Å². The fourth-order valence-corrected chi connectivity index (χ4v) is 6.69. The number of hydrogen-bond acceptors (Lipinski definition) is 1. The second-order valence-corrected chi connectivity index (χ2v) is 9.95. The standard InChI is InChI=1S/C23H38O/c1-15(2)7-6-8-17(4)19-10-11-20-22-18(13-14-23(19,20)5)16(3)9-12-21(22)24/h9,12,15-20,22H,6-8,10-11,13-14H2,1-5H3/t16-,17?,18?,19?,20?,22?,23-/m1/s1. The Morgan fingerprint density at radius 3 is 2.62 bits per heavy atom. The summed E-state index contributed by atoms with van der Waals surface area (Å²) in [6.07, 6.45) is 13.5. The van der Waals surface area contributed by atoms with Crippen LogP contribution in [0.25, 0.3) is 0 Å². The first kappa shape index (κ1) is 18.2. The quantitative estimate of drug-likeness (QED) is 0.579. The van der Waals surface area contributed by atoms with Gasteiger partial charge in [-0.25, -0.2) is 0 Å². The molecule has 24 heavy (non-hydrogen) atoms. The van der Waals surface area contributed by atoms with Crippen molar-refractivity contribution in [1.29, 1.82) is 0 Å². The zero-order valence-electron chi connectivity index (χ0n) is 16.6. The van der Waals surface area contributed by atoms with Crippen molar-refractivity contribution in [3.8, 4) is 0 Å². The molecule has 3 aliphatic rings. The largest absolute Gasteiger partial charge is 0.295 e. The lowest BCUT2D eigenvalue weighted by Gasteiger charge is -2.51. The third-order valence-electron chi connectivity index (χ3n) is 8.09. The van der Waals surface area contributed by atoms with E-state index >= 15 is 0 Å². The second kappa shape index (κ2) is 6.96. The SMILES string of the molecule is CC(C)CCCC(C)C1CCC2C3C(=O)C=C[C@@H](C)C3CC[C@]12C. The monoisotopic (exact) mass is 330 g/mol. The predicted octanol–water partition coefficient (Wildman–Crippen LogP) is 6.28. The molecule has 0 saturated heterocycles. The number of allylic oxidation sites excluding steroid dienone is 2. The van der Waals surface area contributed by atoms with Crippen molar-refractivity contribution < 1.29 is 4.79 Å².